The van der Waals surface area contributed by atoms with Crippen LogP contribution in [0, 0.1) is 6.92 Å². The Labute approximate surface area is 233 Å². The zero-order valence-corrected chi connectivity index (χ0v) is 23.2. The maximum atomic E-state index is 13.4. The van der Waals surface area contributed by atoms with E-state index in [9.17, 15) is 19.5 Å². The number of Topliss-reactive ketones (excluding diaryl/α,β-unsaturated/α-hetero) is 1. The Bertz CT molecular complexity index is 1500. The molecule has 4 aromatic rings. The summed E-state index contributed by atoms with van der Waals surface area (Å²) in [6.45, 7) is 3.82. The minimum absolute atomic E-state index is 0.151. The highest BCUT2D eigenvalue weighted by atomic mass is 16.5. The molecule has 9 nitrogen and oxygen atoms in total. The minimum atomic E-state index is -1.02. The normalized spacial score (nSPS) is 11.9. The smallest absolute Gasteiger partial charge is 0.336 e. The number of methoxy groups -OCH3 is 1. The van der Waals surface area contributed by atoms with Gasteiger partial charge in [0.2, 0.25) is 5.91 Å². The molecule has 0 aliphatic rings. The number of ketones is 1. The number of imidazole rings is 1. The van der Waals surface area contributed by atoms with Crippen LogP contribution in [0.1, 0.15) is 78.9 Å². The molecular weight excluding hydrogens is 508 g/mol. The Hall–Kier alpha value is -4.40. The highest BCUT2D eigenvalue weighted by Crippen LogP contribution is 2.28. The largest absolute Gasteiger partial charge is 0.497 e. The number of aromatic amines is 2. The molecule has 2 aromatic carbocycles. The number of fused-ring (bicyclic) bond motifs is 1. The molecule has 9 heteroatoms. The second-order valence-corrected chi connectivity index (χ2v) is 9.96. The van der Waals surface area contributed by atoms with Crippen molar-refractivity contribution < 1.29 is 24.2 Å². The van der Waals surface area contributed by atoms with E-state index in [1.54, 1.807) is 37.6 Å². The van der Waals surface area contributed by atoms with Gasteiger partial charge in [0.05, 0.1) is 37.0 Å². The molecule has 0 unspecified atom stereocenters. The molecular formula is C31H36N4O5. The predicted molar refractivity (Wildman–Crippen MR) is 154 cm³/mol. The first-order valence-electron chi connectivity index (χ1n) is 13.6. The second kappa shape index (κ2) is 13.1. The van der Waals surface area contributed by atoms with Crippen LogP contribution in [0.5, 0.6) is 5.75 Å². The van der Waals surface area contributed by atoms with Crippen molar-refractivity contribution >= 4 is 28.6 Å². The van der Waals surface area contributed by atoms with E-state index in [0.717, 1.165) is 47.2 Å². The van der Waals surface area contributed by atoms with Crippen molar-refractivity contribution in [3.63, 3.8) is 0 Å². The first-order valence-corrected chi connectivity index (χ1v) is 13.6. The molecule has 0 fully saturated rings. The number of benzene rings is 2. The van der Waals surface area contributed by atoms with E-state index in [0.29, 0.717) is 36.3 Å². The molecule has 0 spiro atoms. The van der Waals surface area contributed by atoms with Gasteiger partial charge in [0.25, 0.3) is 0 Å². The van der Waals surface area contributed by atoms with E-state index in [1.165, 1.54) is 0 Å². The lowest BCUT2D eigenvalue weighted by Gasteiger charge is -2.17. The van der Waals surface area contributed by atoms with Crippen LogP contribution in [-0.4, -0.2) is 44.8 Å². The first kappa shape index (κ1) is 28.6. The average molecular weight is 545 g/mol. The van der Waals surface area contributed by atoms with Crippen LogP contribution < -0.4 is 10.1 Å². The van der Waals surface area contributed by atoms with Crippen LogP contribution in [0.3, 0.4) is 0 Å². The number of unbranched alkanes of at least 4 members (excludes halogenated alkanes) is 2. The van der Waals surface area contributed by atoms with Gasteiger partial charge in [-0.3, -0.25) is 9.59 Å². The molecule has 4 rings (SSSR count). The summed E-state index contributed by atoms with van der Waals surface area (Å²) in [4.78, 5) is 47.9. The lowest BCUT2D eigenvalue weighted by atomic mass is 10.0. The highest BCUT2D eigenvalue weighted by Gasteiger charge is 2.21. The summed E-state index contributed by atoms with van der Waals surface area (Å²) in [5.74, 6) is 0.358. The predicted octanol–water partition coefficient (Wildman–Crippen LogP) is 5.90. The zero-order chi connectivity index (χ0) is 28.6. The van der Waals surface area contributed by atoms with Crippen molar-refractivity contribution in [1.29, 1.82) is 0 Å². The van der Waals surface area contributed by atoms with Crippen LogP contribution in [-0.2, 0) is 16.0 Å². The number of carboxylic acids is 1. The molecule has 0 bridgehead atoms. The van der Waals surface area contributed by atoms with Gasteiger partial charge in [0, 0.05) is 35.0 Å². The lowest BCUT2D eigenvalue weighted by Crippen LogP contribution is -2.30. The second-order valence-electron chi connectivity index (χ2n) is 9.96. The molecule has 4 N–H and O–H groups in total. The minimum Gasteiger partial charge on any atom is -0.497 e. The van der Waals surface area contributed by atoms with E-state index < -0.39 is 12.0 Å². The van der Waals surface area contributed by atoms with Gasteiger partial charge >= 0.3 is 5.97 Å². The van der Waals surface area contributed by atoms with Crippen molar-refractivity contribution in [2.45, 2.75) is 64.8 Å². The Morgan fingerprint density at radius 2 is 1.88 bits per heavy atom. The number of nitrogens with zero attached hydrogens (tertiary/aromatic N) is 1. The molecule has 2 aromatic heterocycles. The maximum Gasteiger partial charge on any atom is 0.336 e. The number of ether oxygens (including phenoxy) is 1. The highest BCUT2D eigenvalue weighted by molar-refractivity contribution is 5.95. The molecule has 40 heavy (non-hydrogen) atoms. The summed E-state index contributed by atoms with van der Waals surface area (Å²) < 4.78 is 5.38. The van der Waals surface area contributed by atoms with E-state index >= 15 is 0 Å². The number of aromatic nitrogens is 3. The quantitative estimate of drug-likeness (QED) is 0.146. The molecule has 1 amide bonds. The summed E-state index contributed by atoms with van der Waals surface area (Å²) in [7, 11) is 1.61. The van der Waals surface area contributed by atoms with Gasteiger partial charge in [-0.2, -0.15) is 0 Å². The molecule has 0 saturated heterocycles. The molecule has 210 valence electrons. The number of carboxylic acid groups (broad SMARTS) is 1. The SMILES string of the molecule is CCC(=O)CCCCC[C@H](NC(=O)Cc1c(C)[nH]c2ccc(OC)cc12)c1ncc(-c2ccccc2C(=O)O)[nH]1. The van der Waals surface area contributed by atoms with E-state index in [2.05, 4.69) is 20.3 Å². The number of hydrogen-bond acceptors (Lipinski definition) is 5. The number of carbonyl (C=O) groups is 3. The van der Waals surface area contributed by atoms with E-state index in [1.807, 2.05) is 32.0 Å². The topological polar surface area (TPSA) is 137 Å². The molecule has 0 saturated carbocycles. The fraction of sp³-hybridized carbons (Fsp3) is 0.355. The van der Waals surface area contributed by atoms with Gasteiger partial charge in [-0.15, -0.1) is 0 Å². The number of amides is 1. The molecule has 1 atom stereocenters. The van der Waals surface area contributed by atoms with Crippen molar-refractivity contribution in [3.05, 3.63) is 71.3 Å². The maximum absolute atomic E-state index is 13.4. The standard InChI is InChI=1S/C31H36N4O5/c1-4-20(36)10-6-5-7-13-27(30-32-18-28(35-30)22-11-8-9-12-23(22)31(38)39)34-29(37)17-24-19(2)33-26-15-14-21(40-3)16-25(24)26/h8-9,11-12,14-16,18,27,33H,4-7,10,13,17H2,1-3H3,(H,32,35)(H,34,37)(H,38,39)/t27-/m0/s1. The van der Waals surface area contributed by atoms with Crippen LogP contribution in [0.2, 0.25) is 0 Å². The third-order valence-corrected chi connectivity index (χ3v) is 7.22. The van der Waals surface area contributed by atoms with Gasteiger partial charge < -0.3 is 25.1 Å². The number of aromatic carboxylic acids is 1. The van der Waals surface area contributed by atoms with Crippen LogP contribution in [0.4, 0.5) is 0 Å². The molecule has 0 aliphatic carbocycles. The van der Waals surface area contributed by atoms with Crippen LogP contribution >= 0.6 is 0 Å². The Morgan fingerprint density at radius 1 is 1.07 bits per heavy atom. The van der Waals surface area contributed by atoms with Crippen molar-refractivity contribution in [2.24, 2.45) is 0 Å². The Kier molecular flexibility index (Phi) is 9.37. The number of hydrogen-bond donors (Lipinski definition) is 4. The third-order valence-electron chi connectivity index (χ3n) is 7.22. The van der Waals surface area contributed by atoms with Gasteiger partial charge in [-0.25, -0.2) is 9.78 Å². The summed E-state index contributed by atoms with van der Waals surface area (Å²) >= 11 is 0. The molecule has 0 aliphatic heterocycles. The number of aryl methyl sites for hydroxylation is 1. The van der Waals surface area contributed by atoms with Gasteiger partial charge in [-0.05, 0) is 49.6 Å². The first-order chi connectivity index (χ1) is 19.3. The number of nitrogens with one attached hydrogen (secondary N) is 3. The van der Waals surface area contributed by atoms with E-state index in [4.69, 9.17) is 4.74 Å². The van der Waals surface area contributed by atoms with Crippen LogP contribution in [0.25, 0.3) is 22.2 Å². The lowest BCUT2D eigenvalue weighted by molar-refractivity contribution is -0.121. The molecule has 0 radical (unpaired) electrons. The fourth-order valence-electron chi connectivity index (χ4n) is 4.98. The summed E-state index contributed by atoms with van der Waals surface area (Å²) in [6.07, 6.45) is 5.97. The van der Waals surface area contributed by atoms with E-state index in [-0.39, 0.29) is 23.7 Å². The third kappa shape index (κ3) is 6.77. The number of rotatable bonds is 14. The summed E-state index contributed by atoms with van der Waals surface area (Å²) in [5.41, 5.74) is 4.02. The van der Waals surface area contributed by atoms with Crippen molar-refractivity contribution in [3.8, 4) is 17.0 Å². The number of carbonyl (C=O) groups excluding carboxylic acids is 2. The molecule has 2 heterocycles. The monoisotopic (exact) mass is 544 g/mol. The van der Waals surface area contributed by atoms with Gasteiger partial charge in [0.1, 0.15) is 17.4 Å². The number of H-pyrrole nitrogens is 2. The summed E-state index contributed by atoms with van der Waals surface area (Å²) in [6, 6.07) is 12.1. The van der Waals surface area contributed by atoms with Crippen molar-refractivity contribution in [2.75, 3.05) is 7.11 Å². The Morgan fingerprint density at radius 3 is 2.62 bits per heavy atom. The Balaban J connectivity index is 1.54. The van der Waals surface area contributed by atoms with Crippen LogP contribution in [0.15, 0.2) is 48.7 Å². The fourth-order valence-corrected chi connectivity index (χ4v) is 4.98. The average Bonchev–Trinajstić information content (AvgIpc) is 3.56. The van der Waals surface area contributed by atoms with Crippen molar-refractivity contribution in [1.82, 2.24) is 20.3 Å². The van der Waals surface area contributed by atoms with Gasteiger partial charge in [-0.1, -0.05) is 38.0 Å². The summed E-state index contributed by atoms with van der Waals surface area (Å²) in [5, 5.41) is 13.7. The zero-order valence-electron chi connectivity index (χ0n) is 23.2. The van der Waals surface area contributed by atoms with Gasteiger partial charge in [0.15, 0.2) is 0 Å².